The molecule has 0 heterocycles. The summed E-state index contributed by atoms with van der Waals surface area (Å²) in [7, 11) is 0. The van der Waals surface area contributed by atoms with E-state index in [1.165, 1.54) is 0 Å². The van der Waals surface area contributed by atoms with Crippen molar-refractivity contribution in [1.29, 1.82) is 0 Å². The quantitative estimate of drug-likeness (QED) is 0.891. The molecule has 2 rings (SSSR count). The minimum absolute atomic E-state index is 0.266. The van der Waals surface area contributed by atoms with Gasteiger partial charge in [0, 0.05) is 16.5 Å². The summed E-state index contributed by atoms with van der Waals surface area (Å²) in [6.45, 7) is 0. The molecule has 16 heavy (non-hydrogen) atoms. The van der Waals surface area contributed by atoms with Crippen LogP contribution in [0.25, 0.3) is 0 Å². The van der Waals surface area contributed by atoms with Crippen LogP contribution in [0.3, 0.4) is 0 Å². The van der Waals surface area contributed by atoms with Crippen LogP contribution in [0.15, 0.2) is 18.2 Å². The van der Waals surface area contributed by atoms with Gasteiger partial charge in [-0.2, -0.15) is 0 Å². The number of aliphatic carboxylic acids is 1. The third-order valence-corrected chi connectivity index (χ3v) is 3.66. The second-order valence-corrected chi connectivity index (χ2v) is 5.14. The Bertz CT molecular complexity index is 411. The summed E-state index contributed by atoms with van der Waals surface area (Å²) in [5.41, 5.74) is 1.09. The Balaban J connectivity index is 1.98. The summed E-state index contributed by atoms with van der Waals surface area (Å²) < 4.78 is 0. The normalized spacial score (nSPS) is 23.9. The highest BCUT2D eigenvalue weighted by Gasteiger charge is 2.32. The van der Waals surface area contributed by atoms with Crippen LogP contribution in [0.4, 0.5) is 0 Å². The van der Waals surface area contributed by atoms with E-state index in [1.807, 2.05) is 12.1 Å². The van der Waals surface area contributed by atoms with Crippen molar-refractivity contribution in [2.24, 2.45) is 5.92 Å². The second kappa shape index (κ2) is 4.64. The van der Waals surface area contributed by atoms with Gasteiger partial charge in [-0.15, -0.1) is 0 Å². The van der Waals surface area contributed by atoms with Gasteiger partial charge in [0.2, 0.25) is 0 Å². The van der Waals surface area contributed by atoms with Crippen LogP contribution in [0, 0.1) is 5.92 Å². The standard InChI is InChI=1S/C12H12Cl2O2/c13-9-1-2-10(11(14)6-9)8-3-7(4-8)5-12(15)16/h1-2,6-8H,3-5H2,(H,15,16). The first-order valence-corrected chi connectivity index (χ1v) is 5.98. The van der Waals surface area contributed by atoms with Gasteiger partial charge < -0.3 is 5.11 Å². The number of rotatable bonds is 3. The molecule has 0 aromatic heterocycles. The first kappa shape index (κ1) is 11.7. The van der Waals surface area contributed by atoms with Crippen molar-refractivity contribution in [3.8, 4) is 0 Å². The van der Waals surface area contributed by atoms with E-state index in [-0.39, 0.29) is 6.42 Å². The van der Waals surface area contributed by atoms with Gasteiger partial charge in [0.05, 0.1) is 0 Å². The Labute approximate surface area is 104 Å². The van der Waals surface area contributed by atoms with Crippen molar-refractivity contribution in [2.75, 3.05) is 0 Å². The largest absolute Gasteiger partial charge is 0.481 e. The van der Waals surface area contributed by atoms with Crippen LogP contribution in [0.2, 0.25) is 10.0 Å². The van der Waals surface area contributed by atoms with Crippen LogP contribution in [-0.2, 0) is 4.79 Å². The topological polar surface area (TPSA) is 37.3 Å². The summed E-state index contributed by atoms with van der Waals surface area (Å²) >= 11 is 11.9. The zero-order chi connectivity index (χ0) is 11.7. The molecule has 4 heteroatoms. The molecule has 1 aliphatic carbocycles. The second-order valence-electron chi connectivity index (χ2n) is 4.30. The number of hydrogen-bond acceptors (Lipinski definition) is 1. The molecule has 0 radical (unpaired) electrons. The lowest BCUT2D eigenvalue weighted by molar-refractivity contribution is -0.138. The smallest absolute Gasteiger partial charge is 0.303 e. The summed E-state index contributed by atoms with van der Waals surface area (Å²) in [6.07, 6.45) is 2.09. The van der Waals surface area contributed by atoms with Crippen LogP contribution < -0.4 is 0 Å². The lowest BCUT2D eigenvalue weighted by Crippen LogP contribution is -2.24. The Morgan fingerprint density at radius 2 is 2.06 bits per heavy atom. The van der Waals surface area contributed by atoms with Crippen LogP contribution >= 0.6 is 23.2 Å². The molecule has 1 fully saturated rings. The van der Waals surface area contributed by atoms with E-state index in [1.54, 1.807) is 6.07 Å². The first-order chi connectivity index (χ1) is 7.56. The van der Waals surface area contributed by atoms with E-state index >= 15 is 0 Å². The maximum Gasteiger partial charge on any atom is 0.303 e. The lowest BCUT2D eigenvalue weighted by Gasteiger charge is -2.35. The SMILES string of the molecule is O=C(O)CC1CC(c2ccc(Cl)cc2Cl)C1. The number of carboxylic acids is 1. The van der Waals surface area contributed by atoms with E-state index < -0.39 is 5.97 Å². The number of benzene rings is 1. The maximum absolute atomic E-state index is 10.5. The minimum Gasteiger partial charge on any atom is -0.481 e. The van der Waals surface area contributed by atoms with E-state index in [4.69, 9.17) is 28.3 Å². The number of carbonyl (C=O) groups is 1. The molecule has 1 N–H and O–H groups in total. The lowest BCUT2D eigenvalue weighted by atomic mass is 9.70. The predicted octanol–water partition coefficient (Wildman–Crippen LogP) is 3.96. The predicted molar refractivity (Wildman–Crippen MR) is 64.2 cm³/mol. The third-order valence-electron chi connectivity index (χ3n) is 3.10. The van der Waals surface area contributed by atoms with E-state index in [9.17, 15) is 4.79 Å². The molecule has 0 atom stereocenters. The molecule has 1 aromatic carbocycles. The zero-order valence-corrected chi connectivity index (χ0v) is 10.1. The first-order valence-electron chi connectivity index (χ1n) is 5.23. The molecule has 0 aliphatic heterocycles. The monoisotopic (exact) mass is 258 g/mol. The van der Waals surface area contributed by atoms with Crippen molar-refractivity contribution in [2.45, 2.75) is 25.2 Å². The van der Waals surface area contributed by atoms with Gasteiger partial charge in [-0.05, 0) is 42.4 Å². The molecule has 0 unspecified atom stereocenters. The number of halogens is 2. The molecule has 2 nitrogen and oxygen atoms in total. The van der Waals surface area contributed by atoms with Crippen molar-refractivity contribution in [3.05, 3.63) is 33.8 Å². The Kier molecular flexibility index (Phi) is 3.41. The number of hydrogen-bond donors (Lipinski definition) is 1. The fraction of sp³-hybridized carbons (Fsp3) is 0.417. The fourth-order valence-electron chi connectivity index (χ4n) is 2.24. The molecule has 0 spiro atoms. The molecular weight excluding hydrogens is 247 g/mol. The average molecular weight is 259 g/mol. The van der Waals surface area contributed by atoms with E-state index in [2.05, 4.69) is 0 Å². The summed E-state index contributed by atoms with van der Waals surface area (Å²) in [5, 5.41) is 9.97. The molecule has 1 aliphatic rings. The highest BCUT2D eigenvalue weighted by atomic mass is 35.5. The zero-order valence-electron chi connectivity index (χ0n) is 8.62. The number of carboxylic acid groups (broad SMARTS) is 1. The molecule has 86 valence electrons. The van der Waals surface area contributed by atoms with Gasteiger partial charge in [0.15, 0.2) is 0 Å². The van der Waals surface area contributed by atoms with Crippen LogP contribution in [0.5, 0.6) is 0 Å². The molecule has 1 saturated carbocycles. The van der Waals surface area contributed by atoms with Crippen molar-refractivity contribution < 1.29 is 9.90 Å². The minimum atomic E-state index is -0.717. The molecule has 0 saturated heterocycles. The Morgan fingerprint density at radius 3 is 2.62 bits per heavy atom. The van der Waals surface area contributed by atoms with Crippen molar-refractivity contribution >= 4 is 29.2 Å². The van der Waals surface area contributed by atoms with E-state index in [0.29, 0.717) is 21.9 Å². The van der Waals surface area contributed by atoms with Crippen LogP contribution in [-0.4, -0.2) is 11.1 Å². The van der Waals surface area contributed by atoms with E-state index in [0.717, 1.165) is 18.4 Å². The average Bonchev–Trinajstić information content (AvgIpc) is 2.11. The van der Waals surface area contributed by atoms with Gasteiger partial charge in [-0.1, -0.05) is 29.3 Å². The van der Waals surface area contributed by atoms with Gasteiger partial charge >= 0.3 is 5.97 Å². The Hall–Kier alpha value is -0.730. The molecule has 1 aromatic rings. The summed E-state index contributed by atoms with van der Waals surface area (Å²) in [5.74, 6) is -0.0194. The van der Waals surface area contributed by atoms with Gasteiger partial charge in [-0.3, -0.25) is 4.79 Å². The van der Waals surface area contributed by atoms with Crippen molar-refractivity contribution in [1.82, 2.24) is 0 Å². The highest BCUT2D eigenvalue weighted by molar-refractivity contribution is 6.35. The third kappa shape index (κ3) is 2.50. The fourth-order valence-corrected chi connectivity index (χ4v) is 2.80. The Morgan fingerprint density at radius 1 is 1.38 bits per heavy atom. The summed E-state index contributed by atoms with van der Waals surface area (Å²) in [4.78, 5) is 10.5. The maximum atomic E-state index is 10.5. The van der Waals surface area contributed by atoms with Crippen molar-refractivity contribution in [3.63, 3.8) is 0 Å². The molecular formula is C12H12Cl2O2. The molecule has 0 bridgehead atoms. The summed E-state index contributed by atoms with van der Waals surface area (Å²) in [6, 6.07) is 5.50. The van der Waals surface area contributed by atoms with Gasteiger partial charge in [0.25, 0.3) is 0 Å². The molecule has 0 amide bonds. The van der Waals surface area contributed by atoms with Gasteiger partial charge in [0.1, 0.15) is 0 Å². The van der Waals surface area contributed by atoms with Crippen LogP contribution in [0.1, 0.15) is 30.7 Å². The van der Waals surface area contributed by atoms with Gasteiger partial charge in [-0.25, -0.2) is 0 Å². The highest BCUT2D eigenvalue weighted by Crippen LogP contribution is 2.45.